The fourth-order valence-electron chi connectivity index (χ4n) is 2.56. The summed E-state index contributed by atoms with van der Waals surface area (Å²) in [6, 6.07) is 0. The van der Waals surface area contributed by atoms with E-state index in [1.807, 2.05) is 0 Å². The lowest BCUT2D eigenvalue weighted by Gasteiger charge is -2.41. The van der Waals surface area contributed by atoms with Crippen molar-refractivity contribution in [2.75, 3.05) is 6.61 Å². The van der Waals surface area contributed by atoms with Gasteiger partial charge in [0.1, 0.15) is 0 Å². The predicted octanol–water partition coefficient (Wildman–Crippen LogP) is 3.24. The molecule has 0 spiro atoms. The fourth-order valence-corrected chi connectivity index (χ4v) is 2.56. The molecule has 13 heavy (non-hydrogen) atoms. The molecular weight excluding hydrogens is 160 g/mol. The largest absolute Gasteiger partial charge is 0.370 e. The molecule has 0 amide bonds. The van der Waals surface area contributed by atoms with Crippen molar-refractivity contribution in [3.63, 3.8) is 0 Å². The van der Waals surface area contributed by atoms with Gasteiger partial charge in [0, 0.05) is 0 Å². The molecule has 0 aromatic carbocycles. The van der Waals surface area contributed by atoms with Crippen LogP contribution in [-0.4, -0.2) is 12.2 Å². The quantitative estimate of drug-likeness (QED) is 0.567. The summed E-state index contributed by atoms with van der Waals surface area (Å²) in [5.41, 5.74) is 0.826. The SMILES string of the molecule is CC1CC(C2(C)CO2)CCC1(C)C. The van der Waals surface area contributed by atoms with Crippen molar-refractivity contribution in [1.29, 1.82) is 0 Å². The first kappa shape index (κ1) is 9.51. The molecule has 1 saturated heterocycles. The third-order valence-corrected chi connectivity index (χ3v) is 4.57. The first-order chi connectivity index (χ1) is 5.94. The minimum atomic E-state index is 0.269. The fraction of sp³-hybridized carbons (Fsp3) is 1.00. The zero-order chi connectivity index (χ0) is 9.69. The van der Waals surface area contributed by atoms with Gasteiger partial charge in [-0.2, -0.15) is 0 Å². The number of ether oxygens (including phenoxy) is 1. The van der Waals surface area contributed by atoms with Crippen molar-refractivity contribution >= 4 is 0 Å². The van der Waals surface area contributed by atoms with E-state index in [-0.39, 0.29) is 5.60 Å². The molecule has 0 radical (unpaired) electrons. The molecule has 0 N–H and O–H groups in total. The Labute approximate surface area is 81.9 Å². The summed E-state index contributed by atoms with van der Waals surface area (Å²) in [5.74, 6) is 1.68. The van der Waals surface area contributed by atoms with Gasteiger partial charge < -0.3 is 4.74 Å². The topological polar surface area (TPSA) is 12.5 Å². The first-order valence-electron chi connectivity index (χ1n) is 5.58. The summed E-state index contributed by atoms with van der Waals surface area (Å²) < 4.78 is 5.55. The molecule has 1 heterocycles. The van der Waals surface area contributed by atoms with Gasteiger partial charge in [-0.25, -0.2) is 0 Å². The standard InChI is InChI=1S/C12H22O/c1-9-7-10(12(4)8-13-12)5-6-11(9,2)3/h9-10H,5-8H2,1-4H3. The average Bonchev–Trinajstić information content (AvgIpc) is 2.75. The second-order valence-electron chi connectivity index (χ2n) is 5.96. The van der Waals surface area contributed by atoms with Gasteiger partial charge in [-0.1, -0.05) is 20.8 Å². The van der Waals surface area contributed by atoms with Crippen LogP contribution < -0.4 is 0 Å². The predicted molar refractivity (Wildman–Crippen MR) is 54.6 cm³/mol. The highest BCUT2D eigenvalue weighted by Crippen LogP contribution is 2.50. The molecule has 2 fully saturated rings. The minimum absolute atomic E-state index is 0.269. The summed E-state index contributed by atoms with van der Waals surface area (Å²) in [7, 11) is 0. The maximum Gasteiger partial charge on any atom is 0.0916 e. The van der Waals surface area contributed by atoms with E-state index < -0.39 is 0 Å². The van der Waals surface area contributed by atoms with Crippen molar-refractivity contribution in [3.05, 3.63) is 0 Å². The summed E-state index contributed by atoms with van der Waals surface area (Å²) in [6.45, 7) is 10.5. The van der Waals surface area contributed by atoms with Gasteiger partial charge in [0.2, 0.25) is 0 Å². The summed E-state index contributed by atoms with van der Waals surface area (Å²) >= 11 is 0. The van der Waals surface area contributed by atoms with E-state index in [1.54, 1.807) is 0 Å². The molecule has 76 valence electrons. The Morgan fingerprint density at radius 3 is 2.31 bits per heavy atom. The molecular formula is C12H22O. The van der Waals surface area contributed by atoms with Crippen LogP contribution in [-0.2, 0) is 4.74 Å². The van der Waals surface area contributed by atoms with Crippen molar-refractivity contribution in [2.45, 2.75) is 52.6 Å². The minimum Gasteiger partial charge on any atom is -0.370 e. The van der Waals surface area contributed by atoms with Gasteiger partial charge in [0.15, 0.2) is 0 Å². The van der Waals surface area contributed by atoms with E-state index >= 15 is 0 Å². The van der Waals surface area contributed by atoms with E-state index in [9.17, 15) is 0 Å². The average molecular weight is 182 g/mol. The Bertz CT molecular complexity index is 203. The summed E-state index contributed by atoms with van der Waals surface area (Å²) in [6.07, 6.45) is 4.11. The van der Waals surface area contributed by atoms with Crippen molar-refractivity contribution in [2.24, 2.45) is 17.3 Å². The Balaban J connectivity index is 1.99. The van der Waals surface area contributed by atoms with E-state index in [0.717, 1.165) is 18.4 Å². The lowest BCUT2D eigenvalue weighted by atomic mass is 9.64. The molecule has 0 aromatic heterocycles. The number of epoxide rings is 1. The Morgan fingerprint density at radius 1 is 1.23 bits per heavy atom. The van der Waals surface area contributed by atoms with Gasteiger partial charge in [-0.05, 0) is 43.4 Å². The van der Waals surface area contributed by atoms with E-state index in [1.165, 1.54) is 19.3 Å². The zero-order valence-electron chi connectivity index (χ0n) is 9.39. The van der Waals surface area contributed by atoms with Crippen LogP contribution in [0.5, 0.6) is 0 Å². The number of rotatable bonds is 1. The molecule has 2 aliphatic rings. The molecule has 2 rings (SSSR count). The van der Waals surface area contributed by atoms with Gasteiger partial charge >= 0.3 is 0 Å². The van der Waals surface area contributed by atoms with Crippen LogP contribution in [0.3, 0.4) is 0 Å². The molecule has 0 bridgehead atoms. The van der Waals surface area contributed by atoms with Crippen LogP contribution in [0.15, 0.2) is 0 Å². The summed E-state index contributed by atoms with van der Waals surface area (Å²) in [5, 5.41) is 0. The van der Waals surface area contributed by atoms with E-state index in [0.29, 0.717) is 5.41 Å². The van der Waals surface area contributed by atoms with Gasteiger partial charge in [0.05, 0.1) is 12.2 Å². The van der Waals surface area contributed by atoms with E-state index in [4.69, 9.17) is 4.74 Å². The molecule has 1 aliphatic carbocycles. The maximum absolute atomic E-state index is 5.55. The highest BCUT2D eigenvalue weighted by atomic mass is 16.6. The molecule has 1 saturated carbocycles. The maximum atomic E-state index is 5.55. The van der Waals surface area contributed by atoms with E-state index in [2.05, 4.69) is 27.7 Å². The normalized spacial score (nSPS) is 48.9. The monoisotopic (exact) mass is 182 g/mol. The Morgan fingerprint density at radius 2 is 1.85 bits per heavy atom. The first-order valence-corrected chi connectivity index (χ1v) is 5.58. The zero-order valence-corrected chi connectivity index (χ0v) is 9.39. The molecule has 3 unspecified atom stereocenters. The van der Waals surface area contributed by atoms with Crippen LogP contribution >= 0.6 is 0 Å². The second kappa shape index (κ2) is 2.73. The smallest absolute Gasteiger partial charge is 0.0916 e. The van der Waals surface area contributed by atoms with Crippen molar-refractivity contribution in [3.8, 4) is 0 Å². The van der Waals surface area contributed by atoms with Gasteiger partial charge in [-0.15, -0.1) is 0 Å². The lowest BCUT2D eigenvalue weighted by Crippen LogP contribution is -2.35. The molecule has 1 heteroatoms. The third-order valence-electron chi connectivity index (χ3n) is 4.57. The van der Waals surface area contributed by atoms with Crippen LogP contribution in [0.4, 0.5) is 0 Å². The van der Waals surface area contributed by atoms with Crippen LogP contribution in [0.25, 0.3) is 0 Å². The van der Waals surface area contributed by atoms with Crippen molar-refractivity contribution < 1.29 is 4.74 Å². The molecule has 3 atom stereocenters. The molecule has 1 nitrogen and oxygen atoms in total. The number of hydrogen-bond donors (Lipinski definition) is 0. The van der Waals surface area contributed by atoms with Gasteiger partial charge in [0.25, 0.3) is 0 Å². The molecule has 1 aliphatic heterocycles. The van der Waals surface area contributed by atoms with Crippen LogP contribution in [0.2, 0.25) is 0 Å². The summed E-state index contributed by atoms with van der Waals surface area (Å²) in [4.78, 5) is 0. The van der Waals surface area contributed by atoms with Crippen LogP contribution in [0, 0.1) is 17.3 Å². The highest BCUT2D eigenvalue weighted by Gasteiger charge is 2.50. The third kappa shape index (κ3) is 1.63. The second-order valence-corrected chi connectivity index (χ2v) is 5.96. The number of hydrogen-bond acceptors (Lipinski definition) is 1. The Hall–Kier alpha value is -0.0400. The van der Waals surface area contributed by atoms with Crippen molar-refractivity contribution in [1.82, 2.24) is 0 Å². The van der Waals surface area contributed by atoms with Crippen LogP contribution in [0.1, 0.15) is 47.0 Å². The highest BCUT2D eigenvalue weighted by molar-refractivity contribution is 4.98. The Kier molecular flexibility index (Phi) is 1.99. The lowest BCUT2D eigenvalue weighted by molar-refractivity contribution is 0.0716. The van der Waals surface area contributed by atoms with Gasteiger partial charge in [-0.3, -0.25) is 0 Å². The molecule has 0 aromatic rings.